The summed E-state index contributed by atoms with van der Waals surface area (Å²) in [6, 6.07) is 7.31. The zero-order valence-electron chi connectivity index (χ0n) is 13.6. The molecule has 3 aromatic rings. The van der Waals surface area contributed by atoms with Crippen LogP contribution < -0.4 is 15.9 Å². The van der Waals surface area contributed by atoms with E-state index in [2.05, 4.69) is 4.98 Å². The van der Waals surface area contributed by atoms with Crippen LogP contribution in [0.2, 0.25) is 0 Å². The van der Waals surface area contributed by atoms with Gasteiger partial charge in [0.1, 0.15) is 23.2 Å². The second kappa shape index (κ2) is 5.84. The third-order valence-corrected chi connectivity index (χ3v) is 4.06. The van der Waals surface area contributed by atoms with Crippen LogP contribution >= 0.6 is 0 Å². The number of methoxy groups -OCH3 is 1. The van der Waals surface area contributed by atoms with E-state index in [0.29, 0.717) is 6.54 Å². The first-order valence-electron chi connectivity index (χ1n) is 7.34. The summed E-state index contributed by atoms with van der Waals surface area (Å²) in [4.78, 5) is 28.9. The van der Waals surface area contributed by atoms with Gasteiger partial charge in [0.2, 0.25) is 0 Å². The fourth-order valence-electron chi connectivity index (χ4n) is 2.62. The molecule has 0 aliphatic heterocycles. The maximum Gasteiger partial charge on any atom is 0.266 e. The van der Waals surface area contributed by atoms with Crippen molar-refractivity contribution in [1.29, 1.82) is 0 Å². The highest BCUT2D eigenvalue weighted by Gasteiger charge is 2.16. The van der Waals surface area contributed by atoms with Crippen molar-refractivity contribution in [3.63, 3.8) is 0 Å². The SMILES string of the molecule is COc1ccc(Cn2cnc3c(c(O)c(C)c(=O)n3C)c2=O)cc1. The third kappa shape index (κ3) is 2.44. The van der Waals surface area contributed by atoms with Crippen molar-refractivity contribution < 1.29 is 9.84 Å². The van der Waals surface area contributed by atoms with Gasteiger partial charge in [-0.2, -0.15) is 0 Å². The molecule has 0 amide bonds. The Labute approximate surface area is 137 Å². The molecule has 7 heteroatoms. The highest BCUT2D eigenvalue weighted by molar-refractivity contribution is 5.82. The minimum Gasteiger partial charge on any atom is -0.506 e. The monoisotopic (exact) mass is 327 g/mol. The number of pyridine rings is 1. The van der Waals surface area contributed by atoms with Gasteiger partial charge in [-0.25, -0.2) is 4.98 Å². The Hall–Kier alpha value is -3.09. The average Bonchev–Trinajstić information content (AvgIpc) is 2.60. The number of benzene rings is 1. The van der Waals surface area contributed by atoms with Gasteiger partial charge in [-0.3, -0.25) is 18.7 Å². The fraction of sp³-hybridized carbons (Fsp3) is 0.235. The van der Waals surface area contributed by atoms with Crippen molar-refractivity contribution >= 4 is 11.0 Å². The van der Waals surface area contributed by atoms with Crippen molar-refractivity contribution in [2.75, 3.05) is 7.11 Å². The van der Waals surface area contributed by atoms with Crippen molar-refractivity contribution in [1.82, 2.24) is 14.1 Å². The van der Waals surface area contributed by atoms with E-state index in [4.69, 9.17) is 4.74 Å². The Morgan fingerprint density at radius 2 is 1.83 bits per heavy atom. The molecule has 0 unspecified atom stereocenters. The van der Waals surface area contributed by atoms with Crippen LogP contribution in [-0.2, 0) is 13.6 Å². The van der Waals surface area contributed by atoms with Crippen LogP contribution in [0.4, 0.5) is 0 Å². The molecule has 0 bridgehead atoms. The lowest BCUT2D eigenvalue weighted by Crippen LogP contribution is -2.27. The Balaban J connectivity index is 2.15. The summed E-state index contributed by atoms with van der Waals surface area (Å²) >= 11 is 0. The molecule has 0 saturated heterocycles. The van der Waals surface area contributed by atoms with Gasteiger partial charge in [0, 0.05) is 7.05 Å². The number of rotatable bonds is 3. The van der Waals surface area contributed by atoms with Gasteiger partial charge in [-0.15, -0.1) is 0 Å². The van der Waals surface area contributed by atoms with E-state index < -0.39 is 5.56 Å². The molecule has 24 heavy (non-hydrogen) atoms. The van der Waals surface area contributed by atoms with E-state index in [9.17, 15) is 14.7 Å². The molecule has 0 spiro atoms. The summed E-state index contributed by atoms with van der Waals surface area (Å²) in [7, 11) is 3.11. The molecule has 0 saturated carbocycles. The van der Waals surface area contributed by atoms with Crippen LogP contribution in [0.3, 0.4) is 0 Å². The van der Waals surface area contributed by atoms with Gasteiger partial charge in [-0.1, -0.05) is 12.1 Å². The molecule has 1 N–H and O–H groups in total. The Kier molecular flexibility index (Phi) is 3.84. The molecule has 3 rings (SSSR count). The summed E-state index contributed by atoms with van der Waals surface area (Å²) in [6.45, 7) is 1.78. The maximum absolute atomic E-state index is 12.7. The average molecular weight is 327 g/mol. The fourth-order valence-corrected chi connectivity index (χ4v) is 2.62. The zero-order valence-corrected chi connectivity index (χ0v) is 13.6. The highest BCUT2D eigenvalue weighted by Crippen LogP contribution is 2.20. The topological polar surface area (TPSA) is 86.3 Å². The van der Waals surface area contributed by atoms with Crippen LogP contribution in [0.25, 0.3) is 11.0 Å². The van der Waals surface area contributed by atoms with Gasteiger partial charge in [0.15, 0.2) is 5.65 Å². The quantitative estimate of drug-likeness (QED) is 0.780. The van der Waals surface area contributed by atoms with Crippen LogP contribution in [0.15, 0.2) is 40.2 Å². The standard InChI is InChI=1S/C17H17N3O4/c1-10-14(21)13-15(19(2)16(10)22)18-9-20(17(13)23)8-11-4-6-12(24-3)7-5-11/h4-7,9,21H,8H2,1-3H3. The van der Waals surface area contributed by atoms with Crippen molar-refractivity contribution in [2.24, 2.45) is 7.05 Å². The second-order valence-electron chi connectivity index (χ2n) is 5.56. The molecule has 0 radical (unpaired) electrons. The number of fused-ring (bicyclic) bond motifs is 1. The van der Waals surface area contributed by atoms with Crippen molar-refractivity contribution in [2.45, 2.75) is 13.5 Å². The summed E-state index contributed by atoms with van der Waals surface area (Å²) < 4.78 is 7.77. The van der Waals surface area contributed by atoms with Crippen LogP contribution in [0.1, 0.15) is 11.1 Å². The Morgan fingerprint density at radius 1 is 1.17 bits per heavy atom. The molecule has 7 nitrogen and oxygen atoms in total. The lowest BCUT2D eigenvalue weighted by atomic mass is 10.2. The number of hydrogen-bond acceptors (Lipinski definition) is 5. The molecular weight excluding hydrogens is 310 g/mol. The minimum absolute atomic E-state index is 0.0469. The van der Waals surface area contributed by atoms with Gasteiger partial charge < -0.3 is 9.84 Å². The molecule has 0 aliphatic carbocycles. The van der Waals surface area contributed by atoms with Gasteiger partial charge >= 0.3 is 0 Å². The van der Waals surface area contributed by atoms with E-state index in [1.807, 2.05) is 12.1 Å². The van der Waals surface area contributed by atoms with Gasteiger partial charge in [0.25, 0.3) is 11.1 Å². The molecule has 1 aromatic carbocycles. The smallest absolute Gasteiger partial charge is 0.266 e. The largest absolute Gasteiger partial charge is 0.506 e. The first kappa shape index (κ1) is 15.8. The molecule has 2 heterocycles. The normalized spacial score (nSPS) is 11.0. The highest BCUT2D eigenvalue weighted by atomic mass is 16.5. The molecule has 0 aliphatic rings. The van der Waals surface area contributed by atoms with E-state index >= 15 is 0 Å². The molecule has 2 aromatic heterocycles. The van der Waals surface area contributed by atoms with Crippen LogP contribution in [0.5, 0.6) is 11.5 Å². The molecule has 0 fully saturated rings. The van der Waals surface area contributed by atoms with Crippen molar-refractivity contribution in [3.05, 3.63) is 62.4 Å². The molecule has 124 valence electrons. The first-order valence-corrected chi connectivity index (χ1v) is 7.34. The molecule has 0 atom stereocenters. The van der Waals surface area contributed by atoms with Crippen LogP contribution in [0, 0.1) is 6.92 Å². The number of aromatic nitrogens is 3. The Morgan fingerprint density at radius 3 is 2.46 bits per heavy atom. The summed E-state index contributed by atoms with van der Waals surface area (Å²) in [6.07, 6.45) is 1.38. The summed E-state index contributed by atoms with van der Waals surface area (Å²) in [5.41, 5.74) is 0.414. The maximum atomic E-state index is 12.7. The number of nitrogens with zero attached hydrogens (tertiary/aromatic N) is 3. The lowest BCUT2D eigenvalue weighted by Gasteiger charge is -2.11. The number of ether oxygens (including phenoxy) is 1. The second-order valence-corrected chi connectivity index (χ2v) is 5.56. The summed E-state index contributed by atoms with van der Waals surface area (Å²) in [5, 5.41) is 10.3. The van der Waals surface area contributed by atoms with Gasteiger partial charge in [-0.05, 0) is 24.6 Å². The minimum atomic E-state index is -0.396. The number of aromatic hydroxyl groups is 1. The van der Waals surface area contributed by atoms with E-state index in [-0.39, 0.29) is 27.9 Å². The first-order chi connectivity index (χ1) is 11.4. The van der Waals surface area contributed by atoms with Crippen molar-refractivity contribution in [3.8, 4) is 11.5 Å². The Bertz CT molecular complexity index is 1030. The van der Waals surface area contributed by atoms with Crippen LogP contribution in [-0.4, -0.2) is 26.3 Å². The number of aryl methyl sites for hydroxylation is 1. The third-order valence-electron chi connectivity index (χ3n) is 4.06. The molecular formula is C17H17N3O4. The predicted octanol–water partition coefficient (Wildman–Crippen LogP) is 1.17. The van der Waals surface area contributed by atoms with Gasteiger partial charge in [0.05, 0.1) is 19.2 Å². The van der Waals surface area contributed by atoms with E-state index in [1.165, 1.54) is 29.4 Å². The zero-order chi connectivity index (χ0) is 17.4. The lowest BCUT2D eigenvalue weighted by molar-refractivity contribution is 0.414. The summed E-state index contributed by atoms with van der Waals surface area (Å²) in [5.74, 6) is 0.417. The predicted molar refractivity (Wildman–Crippen MR) is 89.7 cm³/mol. The number of hydrogen-bond donors (Lipinski definition) is 1. The van der Waals surface area contributed by atoms with E-state index in [0.717, 1.165) is 11.3 Å². The van der Waals surface area contributed by atoms with E-state index in [1.54, 1.807) is 19.2 Å².